The van der Waals surface area contributed by atoms with Crippen molar-refractivity contribution >= 4 is 17.4 Å². The SMILES string of the molecule is COc1ccccc1N1CCC2(CCN(CCCSc3nnc(-c4ccc(-c5ncco5)cc4)n3C)CC2)CC1. The van der Waals surface area contributed by atoms with Crippen LogP contribution in [-0.2, 0) is 7.05 Å². The highest BCUT2D eigenvalue weighted by atomic mass is 32.2. The minimum atomic E-state index is 0.519. The molecule has 0 atom stereocenters. The lowest BCUT2D eigenvalue weighted by Crippen LogP contribution is -2.47. The third-order valence-corrected chi connectivity index (χ3v) is 9.78. The van der Waals surface area contributed by atoms with Gasteiger partial charge in [0.1, 0.15) is 12.0 Å². The Morgan fingerprint density at radius 1 is 0.925 bits per heavy atom. The van der Waals surface area contributed by atoms with E-state index in [2.05, 4.69) is 47.7 Å². The van der Waals surface area contributed by atoms with Gasteiger partial charge in [0.05, 0.1) is 19.0 Å². The number of methoxy groups -OCH3 is 1. The highest BCUT2D eigenvalue weighted by molar-refractivity contribution is 7.99. The van der Waals surface area contributed by atoms with E-state index in [4.69, 9.17) is 9.15 Å². The van der Waals surface area contributed by atoms with Crippen LogP contribution in [0, 0.1) is 5.41 Å². The first-order chi connectivity index (χ1) is 19.6. The van der Waals surface area contributed by atoms with Gasteiger partial charge in [0.25, 0.3) is 0 Å². The molecule has 2 aliphatic heterocycles. The highest BCUT2D eigenvalue weighted by Crippen LogP contribution is 2.43. The van der Waals surface area contributed by atoms with E-state index in [1.807, 2.05) is 37.4 Å². The number of thioether (sulfide) groups is 1. The molecular formula is C31H38N6O2S. The van der Waals surface area contributed by atoms with E-state index in [0.717, 1.165) is 59.7 Å². The van der Waals surface area contributed by atoms with Crippen LogP contribution in [0.15, 0.2) is 70.6 Å². The van der Waals surface area contributed by atoms with E-state index >= 15 is 0 Å². The Labute approximate surface area is 240 Å². The lowest BCUT2D eigenvalue weighted by molar-refractivity contribution is 0.0801. The van der Waals surface area contributed by atoms with Crippen LogP contribution < -0.4 is 9.64 Å². The summed E-state index contributed by atoms with van der Waals surface area (Å²) < 4.78 is 13.1. The Morgan fingerprint density at radius 3 is 2.38 bits per heavy atom. The summed E-state index contributed by atoms with van der Waals surface area (Å²) in [5.41, 5.74) is 3.75. The highest BCUT2D eigenvalue weighted by Gasteiger charge is 2.37. The van der Waals surface area contributed by atoms with Crippen molar-refractivity contribution in [2.45, 2.75) is 37.3 Å². The Bertz CT molecular complexity index is 1370. The number of ether oxygens (including phenoxy) is 1. The zero-order valence-electron chi connectivity index (χ0n) is 23.5. The van der Waals surface area contributed by atoms with Crippen molar-refractivity contribution in [1.82, 2.24) is 24.6 Å². The second-order valence-electron chi connectivity index (χ2n) is 11.0. The summed E-state index contributed by atoms with van der Waals surface area (Å²) >= 11 is 1.80. The topological polar surface area (TPSA) is 72.5 Å². The van der Waals surface area contributed by atoms with Crippen molar-refractivity contribution in [3.8, 4) is 28.6 Å². The van der Waals surface area contributed by atoms with Crippen LogP contribution in [0.3, 0.4) is 0 Å². The van der Waals surface area contributed by atoms with Crippen molar-refractivity contribution in [2.24, 2.45) is 12.5 Å². The van der Waals surface area contributed by atoms with Gasteiger partial charge in [-0.05, 0) is 81.4 Å². The number of likely N-dealkylation sites (tertiary alicyclic amines) is 1. The van der Waals surface area contributed by atoms with Crippen LogP contribution in [0.5, 0.6) is 5.75 Å². The molecule has 210 valence electrons. The molecule has 6 rings (SSSR count). The van der Waals surface area contributed by atoms with Gasteiger partial charge in [-0.3, -0.25) is 0 Å². The summed E-state index contributed by atoms with van der Waals surface area (Å²) in [6, 6.07) is 16.5. The number of para-hydroxylation sites is 2. The average Bonchev–Trinajstić information content (AvgIpc) is 3.67. The Balaban J connectivity index is 0.936. The van der Waals surface area contributed by atoms with Gasteiger partial charge in [-0.2, -0.15) is 0 Å². The quantitative estimate of drug-likeness (QED) is 0.183. The summed E-state index contributed by atoms with van der Waals surface area (Å²) in [5, 5.41) is 9.89. The number of oxazole rings is 1. The molecule has 2 aromatic carbocycles. The van der Waals surface area contributed by atoms with Crippen molar-refractivity contribution in [3.63, 3.8) is 0 Å². The molecule has 0 aliphatic carbocycles. The number of anilines is 1. The zero-order chi connectivity index (χ0) is 27.4. The summed E-state index contributed by atoms with van der Waals surface area (Å²) in [6.07, 6.45) is 9.61. The van der Waals surface area contributed by atoms with E-state index in [9.17, 15) is 0 Å². The van der Waals surface area contributed by atoms with E-state index < -0.39 is 0 Å². The number of piperidine rings is 2. The fourth-order valence-electron chi connectivity index (χ4n) is 6.14. The molecule has 0 radical (unpaired) electrons. The van der Waals surface area contributed by atoms with Crippen LogP contribution in [0.25, 0.3) is 22.8 Å². The van der Waals surface area contributed by atoms with Crippen LogP contribution in [0.4, 0.5) is 5.69 Å². The molecule has 0 bridgehead atoms. The molecule has 0 saturated carbocycles. The van der Waals surface area contributed by atoms with Gasteiger partial charge in [-0.25, -0.2) is 4.98 Å². The number of hydrogen-bond acceptors (Lipinski definition) is 8. The fraction of sp³-hybridized carbons (Fsp3) is 0.452. The molecule has 0 N–H and O–H groups in total. The molecule has 0 unspecified atom stereocenters. The summed E-state index contributed by atoms with van der Waals surface area (Å²) in [5.74, 6) is 3.53. The Morgan fingerprint density at radius 2 is 1.65 bits per heavy atom. The van der Waals surface area contributed by atoms with Crippen LogP contribution in [0.1, 0.15) is 32.1 Å². The minimum absolute atomic E-state index is 0.519. The van der Waals surface area contributed by atoms with Crippen molar-refractivity contribution in [2.75, 3.05) is 50.5 Å². The van der Waals surface area contributed by atoms with Gasteiger partial charge in [0, 0.05) is 37.0 Å². The lowest BCUT2D eigenvalue weighted by Gasteiger charge is -2.47. The molecule has 8 nitrogen and oxygen atoms in total. The molecule has 2 aromatic heterocycles. The second kappa shape index (κ2) is 12.1. The minimum Gasteiger partial charge on any atom is -0.495 e. The molecule has 4 heterocycles. The number of hydrogen-bond donors (Lipinski definition) is 0. The molecule has 4 aromatic rings. The maximum absolute atomic E-state index is 5.60. The molecule has 40 heavy (non-hydrogen) atoms. The van der Waals surface area contributed by atoms with Crippen molar-refractivity contribution in [1.29, 1.82) is 0 Å². The molecule has 2 saturated heterocycles. The normalized spacial score (nSPS) is 17.4. The van der Waals surface area contributed by atoms with Gasteiger partial charge >= 0.3 is 0 Å². The maximum Gasteiger partial charge on any atom is 0.225 e. The van der Waals surface area contributed by atoms with Crippen LogP contribution in [0.2, 0.25) is 0 Å². The van der Waals surface area contributed by atoms with Gasteiger partial charge in [-0.1, -0.05) is 36.0 Å². The first-order valence-corrected chi connectivity index (χ1v) is 15.3. The van der Waals surface area contributed by atoms with Crippen LogP contribution >= 0.6 is 11.8 Å². The predicted octanol–water partition coefficient (Wildman–Crippen LogP) is 6.01. The smallest absolute Gasteiger partial charge is 0.225 e. The first-order valence-electron chi connectivity index (χ1n) is 14.3. The number of aromatic nitrogens is 4. The van der Waals surface area contributed by atoms with E-state index in [-0.39, 0.29) is 0 Å². The summed E-state index contributed by atoms with van der Waals surface area (Å²) in [7, 11) is 3.81. The number of nitrogens with zero attached hydrogens (tertiary/aromatic N) is 6. The van der Waals surface area contributed by atoms with Gasteiger partial charge in [-0.15, -0.1) is 10.2 Å². The largest absolute Gasteiger partial charge is 0.495 e. The van der Waals surface area contributed by atoms with E-state index in [0.29, 0.717) is 11.3 Å². The molecule has 1 spiro atoms. The Kier molecular flexibility index (Phi) is 8.11. The molecule has 2 fully saturated rings. The van der Waals surface area contributed by atoms with Crippen LogP contribution in [-0.4, -0.2) is 70.2 Å². The lowest BCUT2D eigenvalue weighted by atomic mass is 9.71. The molecule has 2 aliphatic rings. The third-order valence-electron chi connectivity index (χ3n) is 8.67. The summed E-state index contributed by atoms with van der Waals surface area (Å²) in [6.45, 7) is 5.85. The Hall–Kier alpha value is -3.30. The average molecular weight is 559 g/mol. The number of benzene rings is 2. The molecule has 0 amide bonds. The summed E-state index contributed by atoms with van der Waals surface area (Å²) in [4.78, 5) is 9.39. The van der Waals surface area contributed by atoms with Gasteiger partial charge in [0.15, 0.2) is 11.0 Å². The molecule has 9 heteroatoms. The van der Waals surface area contributed by atoms with E-state index in [1.54, 1.807) is 31.3 Å². The third kappa shape index (κ3) is 5.76. The van der Waals surface area contributed by atoms with Gasteiger partial charge in [0.2, 0.25) is 5.89 Å². The fourth-order valence-corrected chi connectivity index (χ4v) is 6.97. The number of rotatable bonds is 9. The van der Waals surface area contributed by atoms with Crippen molar-refractivity contribution in [3.05, 3.63) is 61.0 Å². The van der Waals surface area contributed by atoms with Gasteiger partial charge < -0.3 is 23.5 Å². The maximum atomic E-state index is 5.60. The predicted molar refractivity (Wildman–Crippen MR) is 160 cm³/mol. The van der Waals surface area contributed by atoms with Crippen molar-refractivity contribution < 1.29 is 9.15 Å². The molecular weight excluding hydrogens is 520 g/mol. The second-order valence-corrected chi connectivity index (χ2v) is 12.0. The first kappa shape index (κ1) is 26.9. The standard InChI is InChI=1S/C31H38N6O2S/c1-35-28(24-8-10-25(11-9-24)29-32-16-22-39-29)33-34-30(35)40-23-5-17-36-18-12-31(13-19-36)14-20-37(21-15-31)26-6-3-4-7-27(26)38-2/h3-4,6-11,16,22H,5,12-15,17-21,23H2,1-2H3. The monoisotopic (exact) mass is 558 g/mol. The zero-order valence-corrected chi connectivity index (χ0v) is 24.3. The van der Waals surface area contributed by atoms with E-state index in [1.165, 1.54) is 44.5 Å².